The highest BCUT2D eigenvalue weighted by atomic mass is 19.1. The van der Waals surface area contributed by atoms with E-state index in [0.717, 1.165) is 12.0 Å². The summed E-state index contributed by atoms with van der Waals surface area (Å²) in [5.74, 6) is 0.447. The van der Waals surface area contributed by atoms with Crippen molar-refractivity contribution in [1.82, 2.24) is 0 Å². The first-order chi connectivity index (χ1) is 8.16. The summed E-state index contributed by atoms with van der Waals surface area (Å²) in [6.07, 6.45) is 6.78. The minimum absolute atomic E-state index is 0.196. The van der Waals surface area contributed by atoms with Crippen LogP contribution in [-0.4, -0.2) is 5.11 Å². The molecule has 0 saturated heterocycles. The molecule has 0 radical (unpaired) electrons. The van der Waals surface area contributed by atoms with Crippen molar-refractivity contribution >= 4 is 0 Å². The van der Waals surface area contributed by atoms with Crippen LogP contribution in [-0.2, 0) is 0 Å². The molecule has 2 rings (SSSR count). The summed E-state index contributed by atoms with van der Waals surface area (Å²) in [6.45, 7) is 1.74. The van der Waals surface area contributed by atoms with Crippen molar-refractivity contribution in [3.63, 3.8) is 0 Å². The van der Waals surface area contributed by atoms with Gasteiger partial charge in [0, 0.05) is 0 Å². The zero-order valence-corrected chi connectivity index (χ0v) is 10.5. The van der Waals surface area contributed by atoms with E-state index in [9.17, 15) is 9.50 Å². The van der Waals surface area contributed by atoms with Gasteiger partial charge >= 0.3 is 0 Å². The molecule has 0 spiro atoms. The smallest absolute Gasteiger partial charge is 0.126 e. The largest absolute Gasteiger partial charge is 0.388 e. The number of hydrogen-bond acceptors (Lipinski definition) is 1. The topological polar surface area (TPSA) is 20.2 Å². The molecule has 1 unspecified atom stereocenters. The molecule has 1 fully saturated rings. The molecule has 1 atom stereocenters. The van der Waals surface area contributed by atoms with Gasteiger partial charge < -0.3 is 5.11 Å². The fraction of sp³-hybridized carbons (Fsp3) is 0.600. The standard InChI is InChI=1S/C15H21FO/c1-11-9-13(7-8-14(11)16)15(17)10-12-5-3-2-4-6-12/h7-9,12,15,17H,2-6,10H2,1H3. The lowest BCUT2D eigenvalue weighted by molar-refractivity contribution is 0.131. The Hall–Kier alpha value is -0.890. The maximum Gasteiger partial charge on any atom is 0.126 e. The van der Waals surface area contributed by atoms with Gasteiger partial charge in [0.1, 0.15) is 5.82 Å². The number of benzene rings is 1. The number of halogens is 1. The van der Waals surface area contributed by atoms with Crippen molar-refractivity contribution in [3.05, 3.63) is 35.1 Å². The Labute approximate surface area is 103 Å². The van der Waals surface area contributed by atoms with Gasteiger partial charge in [-0.1, -0.05) is 44.2 Å². The number of aryl methyl sites for hydroxylation is 1. The van der Waals surface area contributed by atoms with E-state index in [2.05, 4.69) is 0 Å². The quantitative estimate of drug-likeness (QED) is 0.836. The third-order valence-corrected chi connectivity index (χ3v) is 3.85. The summed E-state index contributed by atoms with van der Waals surface area (Å²) >= 11 is 0. The van der Waals surface area contributed by atoms with Crippen LogP contribution >= 0.6 is 0 Å². The first-order valence-electron chi connectivity index (χ1n) is 6.61. The van der Waals surface area contributed by atoms with Gasteiger partial charge in [0.15, 0.2) is 0 Å². The van der Waals surface area contributed by atoms with E-state index in [1.165, 1.54) is 38.2 Å². The predicted octanol–water partition coefficient (Wildman–Crippen LogP) is 4.14. The van der Waals surface area contributed by atoms with Gasteiger partial charge in [0.2, 0.25) is 0 Å². The highest BCUT2D eigenvalue weighted by Crippen LogP contribution is 2.32. The Morgan fingerprint density at radius 3 is 2.65 bits per heavy atom. The van der Waals surface area contributed by atoms with Crippen LogP contribution in [0.4, 0.5) is 4.39 Å². The summed E-state index contributed by atoms with van der Waals surface area (Å²) in [7, 11) is 0. The van der Waals surface area contributed by atoms with Gasteiger partial charge in [-0.25, -0.2) is 4.39 Å². The van der Waals surface area contributed by atoms with Crippen molar-refractivity contribution < 1.29 is 9.50 Å². The molecule has 94 valence electrons. The minimum atomic E-state index is -0.433. The summed E-state index contributed by atoms with van der Waals surface area (Å²) in [4.78, 5) is 0. The third kappa shape index (κ3) is 3.29. The molecular formula is C15H21FO. The lowest BCUT2D eigenvalue weighted by atomic mass is 9.84. The van der Waals surface area contributed by atoms with Crippen molar-refractivity contribution in [2.45, 2.75) is 51.6 Å². The Kier molecular flexibility index (Phi) is 4.16. The molecule has 1 nitrogen and oxygen atoms in total. The molecule has 2 heteroatoms. The fourth-order valence-electron chi connectivity index (χ4n) is 2.75. The van der Waals surface area contributed by atoms with Crippen LogP contribution in [0.5, 0.6) is 0 Å². The summed E-state index contributed by atoms with van der Waals surface area (Å²) in [6, 6.07) is 4.92. The average molecular weight is 236 g/mol. The van der Waals surface area contributed by atoms with E-state index < -0.39 is 6.10 Å². The van der Waals surface area contributed by atoms with Crippen molar-refractivity contribution in [1.29, 1.82) is 0 Å². The molecule has 1 aromatic rings. The van der Waals surface area contributed by atoms with E-state index in [0.29, 0.717) is 11.5 Å². The molecule has 1 aromatic carbocycles. The minimum Gasteiger partial charge on any atom is -0.388 e. The Morgan fingerprint density at radius 1 is 1.29 bits per heavy atom. The second kappa shape index (κ2) is 5.63. The lowest BCUT2D eigenvalue weighted by Crippen LogP contribution is -2.11. The first-order valence-corrected chi connectivity index (χ1v) is 6.61. The molecule has 0 heterocycles. The molecule has 1 N–H and O–H groups in total. The molecular weight excluding hydrogens is 215 g/mol. The second-order valence-corrected chi connectivity index (χ2v) is 5.26. The maximum atomic E-state index is 13.1. The van der Waals surface area contributed by atoms with E-state index in [-0.39, 0.29) is 5.82 Å². The fourth-order valence-corrected chi connectivity index (χ4v) is 2.75. The third-order valence-electron chi connectivity index (χ3n) is 3.85. The van der Waals surface area contributed by atoms with Gasteiger partial charge in [-0.15, -0.1) is 0 Å². The van der Waals surface area contributed by atoms with Gasteiger partial charge in [0.25, 0.3) is 0 Å². The molecule has 1 aliphatic carbocycles. The lowest BCUT2D eigenvalue weighted by Gasteiger charge is -2.24. The molecule has 0 aromatic heterocycles. The van der Waals surface area contributed by atoms with Gasteiger partial charge in [-0.3, -0.25) is 0 Å². The van der Waals surface area contributed by atoms with Crippen LogP contribution in [0.3, 0.4) is 0 Å². The Bertz CT molecular complexity index is 369. The van der Waals surface area contributed by atoms with E-state index in [4.69, 9.17) is 0 Å². The number of aliphatic hydroxyl groups is 1. The SMILES string of the molecule is Cc1cc(C(O)CC2CCCCC2)ccc1F. The maximum absolute atomic E-state index is 13.1. The zero-order valence-electron chi connectivity index (χ0n) is 10.5. The van der Waals surface area contributed by atoms with Crippen LogP contribution in [0.2, 0.25) is 0 Å². The molecule has 0 bridgehead atoms. The van der Waals surface area contributed by atoms with Crippen molar-refractivity contribution in [3.8, 4) is 0 Å². The van der Waals surface area contributed by atoms with E-state index in [1.807, 2.05) is 0 Å². The Morgan fingerprint density at radius 2 is 2.00 bits per heavy atom. The number of aliphatic hydroxyl groups excluding tert-OH is 1. The van der Waals surface area contributed by atoms with Crippen LogP contribution in [0.15, 0.2) is 18.2 Å². The van der Waals surface area contributed by atoms with E-state index >= 15 is 0 Å². The second-order valence-electron chi connectivity index (χ2n) is 5.26. The number of rotatable bonds is 3. The summed E-state index contributed by atoms with van der Waals surface area (Å²) < 4.78 is 13.1. The summed E-state index contributed by atoms with van der Waals surface area (Å²) in [5, 5.41) is 10.2. The van der Waals surface area contributed by atoms with Crippen LogP contribution in [0.25, 0.3) is 0 Å². The van der Waals surface area contributed by atoms with Crippen molar-refractivity contribution in [2.24, 2.45) is 5.92 Å². The average Bonchev–Trinajstić information content (AvgIpc) is 2.34. The molecule has 0 aliphatic heterocycles. The van der Waals surface area contributed by atoms with Gasteiger partial charge in [0.05, 0.1) is 6.10 Å². The monoisotopic (exact) mass is 236 g/mol. The normalized spacial score (nSPS) is 19.2. The summed E-state index contributed by atoms with van der Waals surface area (Å²) in [5.41, 5.74) is 1.47. The highest BCUT2D eigenvalue weighted by molar-refractivity contribution is 5.25. The first kappa shape index (κ1) is 12.6. The van der Waals surface area contributed by atoms with Crippen molar-refractivity contribution in [2.75, 3.05) is 0 Å². The van der Waals surface area contributed by atoms with Crippen LogP contribution in [0.1, 0.15) is 55.8 Å². The van der Waals surface area contributed by atoms with Gasteiger partial charge in [-0.2, -0.15) is 0 Å². The molecule has 1 aliphatic rings. The van der Waals surface area contributed by atoms with Crippen LogP contribution in [0, 0.1) is 18.7 Å². The Balaban J connectivity index is 1.98. The van der Waals surface area contributed by atoms with Gasteiger partial charge in [-0.05, 0) is 36.5 Å². The highest BCUT2D eigenvalue weighted by Gasteiger charge is 2.18. The predicted molar refractivity (Wildman–Crippen MR) is 67.3 cm³/mol. The molecule has 0 amide bonds. The molecule has 1 saturated carbocycles. The number of hydrogen-bond donors (Lipinski definition) is 1. The zero-order chi connectivity index (χ0) is 12.3. The van der Waals surface area contributed by atoms with E-state index in [1.54, 1.807) is 19.1 Å². The molecule has 17 heavy (non-hydrogen) atoms. The van der Waals surface area contributed by atoms with Crippen LogP contribution < -0.4 is 0 Å².